The number of fused-ring (bicyclic) bond motifs is 1. The molecule has 0 aliphatic carbocycles. The topological polar surface area (TPSA) is 56.9 Å². The first-order valence-corrected chi connectivity index (χ1v) is 9.23. The zero-order valence-electron chi connectivity index (χ0n) is 15.9. The van der Waals surface area contributed by atoms with Gasteiger partial charge in [0.1, 0.15) is 5.65 Å². The van der Waals surface area contributed by atoms with Gasteiger partial charge in [0, 0.05) is 6.20 Å². The third-order valence-corrected chi connectivity index (χ3v) is 4.99. The highest BCUT2D eigenvalue weighted by atomic mass is 16.2. The third kappa shape index (κ3) is 3.27. The Balaban J connectivity index is 1.92. The molecule has 0 atom stereocenters. The monoisotopic (exact) mass is 371 g/mol. The normalized spacial score (nSPS) is 11.1. The van der Waals surface area contributed by atoms with Crippen LogP contribution in [0, 0.1) is 13.8 Å². The van der Waals surface area contributed by atoms with Gasteiger partial charge in [-0.1, -0.05) is 54.1 Å². The Hall–Kier alpha value is -3.47. The number of aromatic nitrogens is 3. The average molecular weight is 371 g/mol. The molecule has 2 heterocycles. The largest absolute Gasteiger partial charge is 0.333 e. The summed E-state index contributed by atoms with van der Waals surface area (Å²) in [6.45, 7) is 4.67. The second kappa shape index (κ2) is 7.27. The quantitative estimate of drug-likeness (QED) is 0.553. The minimum atomic E-state index is -0.347. The molecule has 28 heavy (non-hydrogen) atoms. The van der Waals surface area contributed by atoms with Crippen molar-refractivity contribution in [3.05, 3.63) is 110 Å². The Kier molecular flexibility index (Phi) is 4.65. The van der Waals surface area contributed by atoms with Crippen LogP contribution in [0.2, 0.25) is 0 Å². The number of nitrogens with zero attached hydrogens (tertiary/aromatic N) is 3. The first kappa shape index (κ1) is 17.9. The summed E-state index contributed by atoms with van der Waals surface area (Å²) in [4.78, 5) is 30.6. The summed E-state index contributed by atoms with van der Waals surface area (Å²) < 4.78 is 2.89. The SMILES string of the molecule is Cc1ccc(Cn2c(=O)n(Cc3ccccc3)c(=O)c3cccnc32)c(C)c1. The first-order chi connectivity index (χ1) is 13.5. The lowest BCUT2D eigenvalue weighted by atomic mass is 10.1. The summed E-state index contributed by atoms with van der Waals surface area (Å²) in [5, 5.41) is 0.447. The van der Waals surface area contributed by atoms with E-state index in [1.807, 2.05) is 56.3 Å². The van der Waals surface area contributed by atoms with Crippen molar-refractivity contribution in [2.24, 2.45) is 0 Å². The highest BCUT2D eigenvalue weighted by Crippen LogP contribution is 2.14. The van der Waals surface area contributed by atoms with Crippen molar-refractivity contribution >= 4 is 11.0 Å². The lowest BCUT2D eigenvalue weighted by molar-refractivity contribution is 0.629. The zero-order chi connectivity index (χ0) is 19.7. The Morgan fingerprint density at radius 3 is 2.39 bits per heavy atom. The summed E-state index contributed by atoms with van der Waals surface area (Å²) in [6.07, 6.45) is 1.61. The lowest BCUT2D eigenvalue weighted by Crippen LogP contribution is -2.40. The molecule has 0 radical (unpaired) electrons. The smallest absolute Gasteiger partial charge is 0.273 e. The van der Waals surface area contributed by atoms with Gasteiger partial charge in [0.05, 0.1) is 18.5 Å². The van der Waals surface area contributed by atoms with Crippen molar-refractivity contribution in [3.8, 4) is 0 Å². The molecule has 0 saturated carbocycles. The van der Waals surface area contributed by atoms with E-state index in [1.54, 1.807) is 22.9 Å². The Bertz CT molecular complexity index is 1270. The van der Waals surface area contributed by atoms with Crippen molar-refractivity contribution in [2.45, 2.75) is 26.9 Å². The van der Waals surface area contributed by atoms with Crippen LogP contribution < -0.4 is 11.2 Å². The van der Waals surface area contributed by atoms with Crippen LogP contribution in [0.5, 0.6) is 0 Å². The van der Waals surface area contributed by atoms with E-state index in [1.165, 1.54) is 10.1 Å². The van der Waals surface area contributed by atoms with Crippen LogP contribution in [0.4, 0.5) is 0 Å². The molecule has 0 aliphatic heterocycles. The number of rotatable bonds is 4. The van der Waals surface area contributed by atoms with Crippen LogP contribution in [0.25, 0.3) is 11.0 Å². The highest BCUT2D eigenvalue weighted by Gasteiger charge is 2.15. The van der Waals surface area contributed by atoms with Crippen molar-refractivity contribution in [2.75, 3.05) is 0 Å². The second-order valence-electron chi connectivity index (χ2n) is 7.05. The molecule has 0 N–H and O–H groups in total. The van der Waals surface area contributed by atoms with Crippen LogP contribution in [-0.2, 0) is 13.1 Å². The van der Waals surface area contributed by atoms with Gasteiger partial charge in [-0.05, 0) is 42.7 Å². The van der Waals surface area contributed by atoms with E-state index in [0.29, 0.717) is 17.6 Å². The van der Waals surface area contributed by atoms with E-state index in [2.05, 4.69) is 11.1 Å². The molecule has 4 rings (SSSR count). The van der Waals surface area contributed by atoms with Gasteiger partial charge >= 0.3 is 5.69 Å². The van der Waals surface area contributed by atoms with Gasteiger partial charge in [-0.15, -0.1) is 0 Å². The van der Waals surface area contributed by atoms with Crippen LogP contribution >= 0.6 is 0 Å². The molecular formula is C23H21N3O2. The number of hydrogen-bond donors (Lipinski definition) is 0. The lowest BCUT2D eigenvalue weighted by Gasteiger charge is -2.15. The number of hydrogen-bond acceptors (Lipinski definition) is 3. The van der Waals surface area contributed by atoms with Gasteiger partial charge < -0.3 is 0 Å². The predicted molar refractivity (Wildman–Crippen MR) is 111 cm³/mol. The molecule has 5 nitrogen and oxygen atoms in total. The van der Waals surface area contributed by atoms with E-state index in [9.17, 15) is 9.59 Å². The zero-order valence-corrected chi connectivity index (χ0v) is 15.9. The molecule has 4 aromatic rings. The molecule has 0 saturated heterocycles. The number of aryl methyl sites for hydroxylation is 2. The standard InChI is InChI=1S/C23H21N3O2/c1-16-10-11-19(17(2)13-16)15-25-21-20(9-6-12-24-21)22(27)26(23(25)28)14-18-7-4-3-5-8-18/h3-13H,14-15H2,1-2H3. The van der Waals surface area contributed by atoms with Crippen LogP contribution in [0.15, 0.2) is 76.4 Å². The average Bonchev–Trinajstić information content (AvgIpc) is 2.71. The maximum absolute atomic E-state index is 13.3. The summed E-state index contributed by atoms with van der Waals surface area (Å²) in [7, 11) is 0. The predicted octanol–water partition coefficient (Wildman–Crippen LogP) is 3.27. The fourth-order valence-corrected chi connectivity index (χ4v) is 3.49. The van der Waals surface area contributed by atoms with Crippen molar-refractivity contribution < 1.29 is 0 Å². The molecule has 0 aliphatic rings. The minimum absolute atomic E-state index is 0.232. The van der Waals surface area contributed by atoms with E-state index in [4.69, 9.17) is 0 Å². The Morgan fingerprint density at radius 1 is 0.857 bits per heavy atom. The van der Waals surface area contributed by atoms with E-state index < -0.39 is 0 Å². The summed E-state index contributed by atoms with van der Waals surface area (Å²) in [5.41, 5.74) is 3.98. The molecule has 5 heteroatoms. The molecule has 140 valence electrons. The second-order valence-corrected chi connectivity index (χ2v) is 7.05. The van der Waals surface area contributed by atoms with Crippen LogP contribution in [0.3, 0.4) is 0 Å². The molecule has 0 spiro atoms. The number of pyridine rings is 1. The van der Waals surface area contributed by atoms with Crippen molar-refractivity contribution in [1.29, 1.82) is 0 Å². The Morgan fingerprint density at radius 2 is 1.64 bits per heavy atom. The minimum Gasteiger partial charge on any atom is -0.273 e. The highest BCUT2D eigenvalue weighted by molar-refractivity contribution is 5.73. The maximum Gasteiger partial charge on any atom is 0.333 e. The molecular weight excluding hydrogens is 350 g/mol. The molecule has 0 amide bonds. The van der Waals surface area contributed by atoms with Gasteiger partial charge in [-0.2, -0.15) is 0 Å². The third-order valence-electron chi connectivity index (χ3n) is 4.99. The maximum atomic E-state index is 13.3. The fraction of sp³-hybridized carbons (Fsp3) is 0.174. The van der Waals surface area contributed by atoms with E-state index >= 15 is 0 Å². The fourth-order valence-electron chi connectivity index (χ4n) is 3.49. The molecule has 2 aromatic carbocycles. The summed E-state index contributed by atoms with van der Waals surface area (Å²) in [6, 6.07) is 19.1. The van der Waals surface area contributed by atoms with Crippen molar-refractivity contribution in [1.82, 2.24) is 14.1 Å². The summed E-state index contributed by atoms with van der Waals surface area (Å²) in [5.74, 6) is 0. The summed E-state index contributed by atoms with van der Waals surface area (Å²) >= 11 is 0. The molecule has 0 unspecified atom stereocenters. The van der Waals surface area contributed by atoms with Gasteiger partial charge in [0.2, 0.25) is 0 Å². The van der Waals surface area contributed by atoms with Gasteiger partial charge in [-0.3, -0.25) is 13.9 Å². The molecule has 2 aromatic heterocycles. The van der Waals surface area contributed by atoms with E-state index in [-0.39, 0.29) is 17.8 Å². The number of benzene rings is 2. The van der Waals surface area contributed by atoms with Gasteiger partial charge in [0.15, 0.2) is 0 Å². The van der Waals surface area contributed by atoms with Crippen LogP contribution in [0.1, 0.15) is 22.3 Å². The Labute approximate surface area is 162 Å². The molecule has 0 fully saturated rings. The first-order valence-electron chi connectivity index (χ1n) is 9.23. The molecule has 0 bridgehead atoms. The van der Waals surface area contributed by atoms with E-state index in [0.717, 1.165) is 16.7 Å². The van der Waals surface area contributed by atoms with Gasteiger partial charge in [0.25, 0.3) is 5.56 Å². The van der Waals surface area contributed by atoms with Gasteiger partial charge in [-0.25, -0.2) is 9.78 Å². The van der Waals surface area contributed by atoms with Crippen molar-refractivity contribution in [3.63, 3.8) is 0 Å². The van der Waals surface area contributed by atoms with Crippen LogP contribution in [-0.4, -0.2) is 14.1 Å².